The first-order valence-corrected chi connectivity index (χ1v) is 7.84. The van der Waals surface area contributed by atoms with Gasteiger partial charge in [0.05, 0.1) is 25.4 Å². The van der Waals surface area contributed by atoms with Crippen LogP contribution in [0.15, 0.2) is 24.3 Å². The quantitative estimate of drug-likeness (QED) is 0.639. The summed E-state index contributed by atoms with van der Waals surface area (Å²) in [4.78, 5) is 12.2. The molecule has 1 atom stereocenters. The maximum Gasteiger partial charge on any atom is 0.244 e. The Morgan fingerprint density at radius 1 is 1.26 bits per heavy atom. The Kier molecular flexibility index (Phi) is 10.8. The van der Waals surface area contributed by atoms with Gasteiger partial charge in [0.25, 0.3) is 0 Å². The minimum atomic E-state index is -0.848. The fraction of sp³-hybridized carbons (Fsp3) is 0.588. The lowest BCUT2D eigenvalue weighted by Gasteiger charge is -2.23. The van der Waals surface area contributed by atoms with Gasteiger partial charge in [0.1, 0.15) is 0 Å². The summed E-state index contributed by atoms with van der Waals surface area (Å²) >= 11 is 0. The highest BCUT2D eigenvalue weighted by Crippen LogP contribution is 2.15. The second kappa shape index (κ2) is 11.4. The summed E-state index contributed by atoms with van der Waals surface area (Å²) in [6, 6.07) is 7.61. The van der Waals surface area contributed by atoms with Crippen molar-refractivity contribution >= 4 is 24.0 Å². The summed E-state index contributed by atoms with van der Waals surface area (Å²) in [5, 5.41) is 2.87. The zero-order valence-electron chi connectivity index (χ0n) is 14.3. The van der Waals surface area contributed by atoms with E-state index >= 15 is 0 Å². The minimum absolute atomic E-state index is 0. The normalized spacial score (nSPS) is 13.0. The Labute approximate surface area is 145 Å². The van der Waals surface area contributed by atoms with Gasteiger partial charge >= 0.3 is 0 Å². The van der Waals surface area contributed by atoms with Gasteiger partial charge in [0, 0.05) is 12.3 Å². The molecule has 0 aromatic heterocycles. The maximum atomic E-state index is 12.2. The van der Waals surface area contributed by atoms with E-state index in [0.717, 1.165) is 17.7 Å². The van der Waals surface area contributed by atoms with Crippen LogP contribution in [0.3, 0.4) is 0 Å². The molecular weight excluding hydrogens is 316 g/mol. The molecule has 1 amide bonds. The average molecular weight is 345 g/mol. The van der Waals surface area contributed by atoms with Crippen LogP contribution in [0.25, 0.3) is 0 Å². The Morgan fingerprint density at radius 2 is 1.96 bits per heavy atom. The number of benzene rings is 1. The van der Waals surface area contributed by atoms with Gasteiger partial charge in [-0.05, 0) is 38.0 Å². The van der Waals surface area contributed by atoms with Crippen molar-refractivity contribution < 1.29 is 14.3 Å². The Bertz CT molecular complexity index is 467. The van der Waals surface area contributed by atoms with Crippen LogP contribution in [0, 0.1) is 0 Å². The highest BCUT2D eigenvalue weighted by molar-refractivity contribution is 5.97. The third-order valence-corrected chi connectivity index (χ3v) is 3.32. The SMILES string of the molecule is CCCC(C)(N)C(=O)Nc1cccc(COCCOCC)c1.Cl. The summed E-state index contributed by atoms with van der Waals surface area (Å²) in [6.45, 7) is 8.06. The number of carbonyl (C=O) groups is 1. The van der Waals surface area contributed by atoms with E-state index in [1.165, 1.54) is 0 Å². The molecule has 23 heavy (non-hydrogen) atoms. The van der Waals surface area contributed by atoms with Gasteiger partial charge in [-0.15, -0.1) is 12.4 Å². The molecule has 1 unspecified atom stereocenters. The second-order valence-electron chi connectivity index (χ2n) is 5.57. The lowest BCUT2D eigenvalue weighted by Crippen LogP contribution is -2.48. The molecule has 6 heteroatoms. The zero-order valence-corrected chi connectivity index (χ0v) is 15.1. The summed E-state index contributed by atoms with van der Waals surface area (Å²) in [5.41, 5.74) is 6.93. The van der Waals surface area contributed by atoms with Crippen molar-refractivity contribution in [2.45, 2.75) is 45.8 Å². The minimum Gasteiger partial charge on any atom is -0.379 e. The van der Waals surface area contributed by atoms with Gasteiger partial charge < -0.3 is 20.5 Å². The maximum absolute atomic E-state index is 12.2. The van der Waals surface area contributed by atoms with Crippen molar-refractivity contribution in [1.29, 1.82) is 0 Å². The molecule has 0 aliphatic heterocycles. The molecule has 0 heterocycles. The smallest absolute Gasteiger partial charge is 0.244 e. The highest BCUT2D eigenvalue weighted by Gasteiger charge is 2.27. The monoisotopic (exact) mass is 344 g/mol. The van der Waals surface area contributed by atoms with E-state index in [1.54, 1.807) is 6.92 Å². The van der Waals surface area contributed by atoms with E-state index in [1.807, 2.05) is 38.1 Å². The van der Waals surface area contributed by atoms with Crippen molar-refractivity contribution in [2.75, 3.05) is 25.1 Å². The Morgan fingerprint density at radius 3 is 2.61 bits per heavy atom. The number of carbonyl (C=O) groups excluding carboxylic acids is 1. The van der Waals surface area contributed by atoms with Crippen molar-refractivity contribution in [3.05, 3.63) is 29.8 Å². The number of nitrogens with one attached hydrogen (secondary N) is 1. The largest absolute Gasteiger partial charge is 0.379 e. The molecule has 0 saturated heterocycles. The topological polar surface area (TPSA) is 73.6 Å². The lowest BCUT2D eigenvalue weighted by molar-refractivity contribution is -0.120. The average Bonchev–Trinajstić information content (AvgIpc) is 2.47. The van der Waals surface area contributed by atoms with E-state index in [9.17, 15) is 4.79 Å². The molecule has 0 radical (unpaired) electrons. The second-order valence-corrected chi connectivity index (χ2v) is 5.57. The number of ether oxygens (including phenoxy) is 2. The van der Waals surface area contributed by atoms with Crippen LogP contribution in [0.2, 0.25) is 0 Å². The molecule has 0 spiro atoms. The third kappa shape index (κ3) is 8.32. The number of anilines is 1. The summed E-state index contributed by atoms with van der Waals surface area (Å²) < 4.78 is 10.7. The first kappa shape index (κ1) is 21.9. The first-order chi connectivity index (χ1) is 10.5. The number of halogens is 1. The summed E-state index contributed by atoms with van der Waals surface area (Å²) in [6.07, 6.45) is 1.52. The van der Waals surface area contributed by atoms with E-state index in [0.29, 0.717) is 32.8 Å². The van der Waals surface area contributed by atoms with Crippen molar-refractivity contribution in [3.8, 4) is 0 Å². The summed E-state index contributed by atoms with van der Waals surface area (Å²) in [7, 11) is 0. The van der Waals surface area contributed by atoms with Crippen LogP contribution in [-0.4, -0.2) is 31.3 Å². The van der Waals surface area contributed by atoms with Crippen LogP contribution < -0.4 is 11.1 Å². The molecule has 1 aromatic carbocycles. The molecular formula is C17H29ClN2O3. The molecule has 132 valence electrons. The zero-order chi connectivity index (χ0) is 16.4. The van der Waals surface area contributed by atoms with Gasteiger partial charge in [-0.1, -0.05) is 25.5 Å². The van der Waals surface area contributed by atoms with Crippen LogP contribution in [0.5, 0.6) is 0 Å². The van der Waals surface area contributed by atoms with E-state index in [4.69, 9.17) is 15.2 Å². The molecule has 0 fully saturated rings. The Balaban J connectivity index is 0.00000484. The number of amides is 1. The van der Waals surface area contributed by atoms with Gasteiger partial charge in [-0.2, -0.15) is 0 Å². The molecule has 0 aliphatic carbocycles. The number of hydrogen-bond donors (Lipinski definition) is 2. The molecule has 0 saturated carbocycles. The van der Waals surface area contributed by atoms with Crippen LogP contribution in [-0.2, 0) is 20.9 Å². The van der Waals surface area contributed by atoms with Crippen molar-refractivity contribution in [2.24, 2.45) is 5.73 Å². The standard InChI is InChI=1S/C17H28N2O3.ClH/c1-4-9-17(3,18)16(20)19-15-8-6-7-14(12-15)13-22-11-10-21-5-2;/h6-8,12H,4-5,9-11,13,18H2,1-3H3,(H,19,20);1H. The fourth-order valence-electron chi connectivity index (χ4n) is 2.10. The van der Waals surface area contributed by atoms with Gasteiger partial charge in [-0.3, -0.25) is 4.79 Å². The van der Waals surface area contributed by atoms with Crippen LogP contribution in [0.4, 0.5) is 5.69 Å². The first-order valence-electron chi connectivity index (χ1n) is 7.84. The Hall–Kier alpha value is -1.14. The number of nitrogens with two attached hydrogens (primary N) is 1. The van der Waals surface area contributed by atoms with E-state index in [-0.39, 0.29) is 18.3 Å². The summed E-state index contributed by atoms with van der Waals surface area (Å²) in [5.74, 6) is -0.163. The van der Waals surface area contributed by atoms with Gasteiger partial charge in [-0.25, -0.2) is 0 Å². The molecule has 1 rings (SSSR count). The lowest BCUT2D eigenvalue weighted by atomic mass is 9.96. The predicted molar refractivity (Wildman–Crippen MR) is 96.0 cm³/mol. The predicted octanol–water partition coefficient (Wildman–Crippen LogP) is 3.12. The van der Waals surface area contributed by atoms with Crippen LogP contribution in [0.1, 0.15) is 39.2 Å². The molecule has 5 nitrogen and oxygen atoms in total. The molecule has 0 aliphatic rings. The van der Waals surface area contributed by atoms with E-state index < -0.39 is 5.54 Å². The highest BCUT2D eigenvalue weighted by atomic mass is 35.5. The van der Waals surface area contributed by atoms with Crippen molar-refractivity contribution in [3.63, 3.8) is 0 Å². The fourth-order valence-corrected chi connectivity index (χ4v) is 2.10. The molecule has 3 N–H and O–H groups in total. The molecule has 0 bridgehead atoms. The number of hydrogen-bond acceptors (Lipinski definition) is 4. The van der Waals surface area contributed by atoms with Crippen molar-refractivity contribution in [1.82, 2.24) is 0 Å². The molecule has 1 aromatic rings. The van der Waals surface area contributed by atoms with Gasteiger partial charge in [0.2, 0.25) is 5.91 Å². The number of rotatable bonds is 10. The van der Waals surface area contributed by atoms with E-state index in [2.05, 4.69) is 5.32 Å². The van der Waals surface area contributed by atoms with Crippen LogP contribution >= 0.6 is 12.4 Å². The third-order valence-electron chi connectivity index (χ3n) is 3.32. The van der Waals surface area contributed by atoms with Gasteiger partial charge in [0.15, 0.2) is 0 Å².